The topological polar surface area (TPSA) is 89.3 Å². The highest BCUT2D eigenvalue weighted by atomic mass is 32.2. The van der Waals surface area contributed by atoms with E-state index < -0.39 is 20.8 Å². The van der Waals surface area contributed by atoms with E-state index in [0.717, 1.165) is 0 Å². The minimum absolute atomic E-state index is 0.171. The first kappa shape index (κ1) is 17.2. The third-order valence-corrected chi connectivity index (χ3v) is 4.98. The summed E-state index contributed by atoms with van der Waals surface area (Å²) < 4.78 is 37.3. The number of hydrogen-bond acceptors (Lipinski definition) is 4. The van der Waals surface area contributed by atoms with E-state index in [-0.39, 0.29) is 17.3 Å². The van der Waals surface area contributed by atoms with Crippen LogP contribution in [0.5, 0.6) is 0 Å². The van der Waals surface area contributed by atoms with Crippen LogP contribution in [0.15, 0.2) is 24.3 Å². The molecule has 0 aliphatic carbocycles. The molecule has 0 amide bonds. The van der Waals surface area contributed by atoms with Gasteiger partial charge in [-0.05, 0) is 12.0 Å². The molecule has 0 fully saturated rings. The van der Waals surface area contributed by atoms with Crippen LogP contribution in [0.1, 0.15) is 17.5 Å². The Kier molecular flexibility index (Phi) is 6.74. The summed E-state index contributed by atoms with van der Waals surface area (Å²) >= 11 is 4.90. The molecule has 1 atom stereocenters. The highest BCUT2D eigenvalue weighted by Gasteiger charge is 2.14. The van der Waals surface area contributed by atoms with E-state index in [2.05, 4.69) is 4.72 Å². The molecule has 1 unspecified atom stereocenters. The minimum Gasteiger partial charge on any atom is -0.389 e. The molecule has 0 saturated carbocycles. The highest BCUT2D eigenvalue weighted by molar-refractivity contribution is 7.88. The summed E-state index contributed by atoms with van der Waals surface area (Å²) in [6, 6.07) is 6.89. The van der Waals surface area contributed by atoms with Gasteiger partial charge >= 0.3 is 0 Å². The van der Waals surface area contributed by atoms with Crippen molar-refractivity contribution in [2.45, 2.75) is 12.2 Å². The zero-order valence-corrected chi connectivity index (χ0v) is 13.6. The summed E-state index contributed by atoms with van der Waals surface area (Å²) in [5.74, 6) is 0.307. The van der Waals surface area contributed by atoms with E-state index in [1.807, 2.05) is 0 Å². The molecule has 0 aliphatic rings. The molecule has 0 aliphatic heterocycles. The lowest BCUT2D eigenvalue weighted by atomic mass is 10.1. The average Bonchev–Trinajstić information content (AvgIpc) is 2.34. The summed E-state index contributed by atoms with van der Waals surface area (Å²) in [5.41, 5.74) is 6.72. The number of nitrogens with one attached hydrogen (secondary N) is 1. The van der Waals surface area contributed by atoms with Crippen LogP contribution in [0.4, 0.5) is 0 Å². The van der Waals surface area contributed by atoms with Crippen LogP contribution in [0.2, 0.25) is 0 Å². The standard InChI is InChI=1S/C12H18N2O3S3/c1-19(15)8-4-7-14-20(16,17)9-10-5-2-3-6-11(10)12(13)18/h2-3,5-6,14H,4,7-9H2,1H3,(H2,13,18). The van der Waals surface area contributed by atoms with Gasteiger partial charge in [-0.2, -0.15) is 0 Å². The van der Waals surface area contributed by atoms with Crippen LogP contribution < -0.4 is 10.5 Å². The van der Waals surface area contributed by atoms with Gasteiger partial charge in [0.1, 0.15) is 4.99 Å². The molecule has 1 aromatic rings. The number of thiocarbonyl (C=S) groups is 1. The molecule has 0 bridgehead atoms. The Morgan fingerprint density at radius 3 is 2.65 bits per heavy atom. The van der Waals surface area contributed by atoms with Gasteiger partial charge in [0.2, 0.25) is 10.0 Å². The molecule has 0 heterocycles. The third-order valence-electron chi connectivity index (χ3n) is 2.56. The minimum atomic E-state index is -3.45. The summed E-state index contributed by atoms with van der Waals surface area (Å²) in [7, 11) is -4.36. The van der Waals surface area contributed by atoms with E-state index in [1.165, 1.54) is 0 Å². The number of nitrogens with two attached hydrogens (primary N) is 1. The first-order valence-corrected chi connectivity index (χ1v) is 9.75. The number of hydrogen-bond donors (Lipinski definition) is 2. The molecule has 8 heteroatoms. The highest BCUT2D eigenvalue weighted by Crippen LogP contribution is 2.12. The molecule has 1 rings (SSSR count). The van der Waals surface area contributed by atoms with Crippen molar-refractivity contribution in [3.8, 4) is 0 Å². The van der Waals surface area contributed by atoms with Crippen molar-refractivity contribution in [2.24, 2.45) is 5.73 Å². The van der Waals surface area contributed by atoms with E-state index in [0.29, 0.717) is 23.3 Å². The van der Waals surface area contributed by atoms with Crippen molar-refractivity contribution in [1.29, 1.82) is 0 Å². The molecule has 1 aromatic carbocycles. The summed E-state index contributed by atoms with van der Waals surface area (Å²) in [6.45, 7) is 0.275. The fraction of sp³-hybridized carbons (Fsp3) is 0.417. The van der Waals surface area contributed by atoms with E-state index in [4.69, 9.17) is 18.0 Å². The Balaban J connectivity index is 2.67. The SMILES string of the molecule is CS(=O)CCCNS(=O)(=O)Cc1ccccc1C(N)=S. The molecule has 0 aromatic heterocycles. The normalized spacial score (nSPS) is 13.1. The predicted molar refractivity (Wildman–Crippen MR) is 86.5 cm³/mol. The second-order valence-electron chi connectivity index (χ2n) is 4.31. The zero-order valence-electron chi connectivity index (χ0n) is 11.2. The van der Waals surface area contributed by atoms with Crippen molar-refractivity contribution >= 4 is 38.0 Å². The first-order chi connectivity index (χ1) is 9.32. The summed E-state index contributed by atoms with van der Waals surface area (Å²) in [4.78, 5) is 0.178. The van der Waals surface area contributed by atoms with Crippen LogP contribution in [-0.2, 0) is 26.6 Å². The smallest absolute Gasteiger partial charge is 0.215 e. The number of sulfonamides is 1. The van der Waals surface area contributed by atoms with E-state index in [9.17, 15) is 12.6 Å². The monoisotopic (exact) mass is 334 g/mol. The average molecular weight is 334 g/mol. The third kappa shape index (κ3) is 6.08. The maximum absolute atomic E-state index is 11.9. The van der Waals surface area contributed by atoms with Gasteiger partial charge in [-0.3, -0.25) is 4.21 Å². The van der Waals surface area contributed by atoms with Gasteiger partial charge < -0.3 is 5.73 Å². The summed E-state index contributed by atoms with van der Waals surface area (Å²) in [5, 5.41) is 0. The Labute approximate surface area is 127 Å². The molecular formula is C12H18N2O3S3. The van der Waals surface area contributed by atoms with Crippen LogP contribution in [0, 0.1) is 0 Å². The van der Waals surface area contributed by atoms with Gasteiger partial charge in [-0.15, -0.1) is 0 Å². The van der Waals surface area contributed by atoms with Gasteiger partial charge in [-0.1, -0.05) is 36.5 Å². The Bertz CT molecular complexity index is 600. The second kappa shape index (κ2) is 7.82. The largest absolute Gasteiger partial charge is 0.389 e. The lowest BCUT2D eigenvalue weighted by Crippen LogP contribution is -2.28. The number of rotatable bonds is 8. The molecule has 3 N–H and O–H groups in total. The van der Waals surface area contributed by atoms with Crippen molar-refractivity contribution < 1.29 is 12.6 Å². The Morgan fingerprint density at radius 1 is 1.40 bits per heavy atom. The van der Waals surface area contributed by atoms with Gasteiger partial charge in [0.15, 0.2) is 0 Å². The van der Waals surface area contributed by atoms with Gasteiger partial charge in [-0.25, -0.2) is 13.1 Å². The molecule has 0 saturated heterocycles. The second-order valence-corrected chi connectivity index (χ2v) is 8.11. The van der Waals surface area contributed by atoms with Crippen LogP contribution in [0.25, 0.3) is 0 Å². The molecule has 112 valence electrons. The van der Waals surface area contributed by atoms with Gasteiger partial charge in [0, 0.05) is 34.9 Å². The summed E-state index contributed by atoms with van der Waals surface area (Å²) in [6.07, 6.45) is 2.13. The van der Waals surface area contributed by atoms with Crippen LogP contribution in [0.3, 0.4) is 0 Å². The van der Waals surface area contributed by atoms with Crippen LogP contribution >= 0.6 is 12.2 Å². The van der Waals surface area contributed by atoms with Crippen molar-refractivity contribution in [3.63, 3.8) is 0 Å². The molecule has 5 nitrogen and oxygen atoms in total. The molecule has 20 heavy (non-hydrogen) atoms. The number of benzene rings is 1. The van der Waals surface area contributed by atoms with Gasteiger partial charge in [0.05, 0.1) is 5.75 Å². The predicted octanol–water partition coefficient (Wildman–Crippen LogP) is 0.509. The maximum atomic E-state index is 11.9. The van der Waals surface area contributed by atoms with Gasteiger partial charge in [0.25, 0.3) is 0 Å². The Morgan fingerprint density at radius 2 is 2.05 bits per heavy atom. The van der Waals surface area contributed by atoms with E-state index >= 15 is 0 Å². The molecule has 0 spiro atoms. The fourth-order valence-corrected chi connectivity index (χ4v) is 3.61. The van der Waals surface area contributed by atoms with E-state index in [1.54, 1.807) is 30.5 Å². The van der Waals surface area contributed by atoms with Crippen molar-refractivity contribution in [1.82, 2.24) is 4.72 Å². The van der Waals surface area contributed by atoms with Crippen molar-refractivity contribution in [3.05, 3.63) is 35.4 Å². The lowest BCUT2D eigenvalue weighted by molar-refractivity contribution is 0.580. The quantitative estimate of drug-likeness (QED) is 0.534. The fourth-order valence-electron chi connectivity index (χ4n) is 1.65. The zero-order chi connectivity index (χ0) is 15.2. The Hall–Kier alpha value is -0.830. The molecular weight excluding hydrogens is 316 g/mol. The van der Waals surface area contributed by atoms with Crippen molar-refractivity contribution in [2.75, 3.05) is 18.6 Å². The first-order valence-electron chi connectivity index (χ1n) is 5.97. The van der Waals surface area contributed by atoms with Crippen LogP contribution in [-0.4, -0.2) is 36.2 Å². The lowest BCUT2D eigenvalue weighted by Gasteiger charge is -2.10. The maximum Gasteiger partial charge on any atom is 0.215 e. The molecule has 0 radical (unpaired) electrons.